The Kier molecular flexibility index (Phi) is 4.57. The zero-order valence-electron chi connectivity index (χ0n) is 14.1. The predicted octanol–water partition coefficient (Wildman–Crippen LogP) is 3.17. The Morgan fingerprint density at radius 2 is 1.65 bits per heavy atom. The maximum absolute atomic E-state index is 12.2. The van der Waals surface area contributed by atoms with Gasteiger partial charge in [-0.05, 0) is 30.7 Å². The molecule has 0 aliphatic carbocycles. The topological polar surface area (TPSA) is 71.3 Å². The molecular weight excluding hydrogens is 328 g/mol. The molecule has 6 heteroatoms. The lowest BCUT2D eigenvalue weighted by Gasteiger charge is -2.25. The molecule has 130 valence electrons. The van der Waals surface area contributed by atoms with Crippen LogP contribution in [0.3, 0.4) is 0 Å². The van der Waals surface area contributed by atoms with Crippen molar-refractivity contribution in [1.82, 2.24) is 20.6 Å². The van der Waals surface area contributed by atoms with Crippen LogP contribution in [0.2, 0.25) is 0 Å². The second-order valence-electron chi connectivity index (χ2n) is 6.01. The summed E-state index contributed by atoms with van der Waals surface area (Å²) in [6, 6.07) is 18.9. The van der Waals surface area contributed by atoms with Crippen molar-refractivity contribution in [2.45, 2.75) is 6.42 Å². The number of carbonyl (C=O) groups excluding carboxylic acids is 1. The van der Waals surface area contributed by atoms with E-state index in [-0.39, 0.29) is 5.91 Å². The molecule has 1 amide bonds. The van der Waals surface area contributed by atoms with Crippen molar-refractivity contribution in [3.8, 4) is 11.5 Å². The van der Waals surface area contributed by atoms with Crippen LogP contribution >= 0.6 is 0 Å². The Labute approximate surface area is 151 Å². The highest BCUT2D eigenvalue weighted by atomic mass is 16.4. The van der Waals surface area contributed by atoms with Crippen LogP contribution in [0, 0.1) is 0 Å². The molecule has 3 aromatic rings. The van der Waals surface area contributed by atoms with Gasteiger partial charge in [0.05, 0.1) is 0 Å². The first-order valence-electron chi connectivity index (χ1n) is 8.49. The summed E-state index contributed by atoms with van der Waals surface area (Å²) in [5.74, 6) is 0.950. The summed E-state index contributed by atoms with van der Waals surface area (Å²) in [6.07, 6.45) is 2.74. The molecular formula is C20H18N4O2. The van der Waals surface area contributed by atoms with E-state index < -0.39 is 0 Å². The summed E-state index contributed by atoms with van der Waals surface area (Å²) in [7, 11) is 0. The van der Waals surface area contributed by atoms with Gasteiger partial charge in [0.25, 0.3) is 5.91 Å². The molecule has 6 nitrogen and oxygen atoms in total. The molecule has 0 saturated carbocycles. The van der Waals surface area contributed by atoms with Crippen molar-refractivity contribution in [2.24, 2.45) is 0 Å². The number of hydrazine groups is 1. The van der Waals surface area contributed by atoms with E-state index >= 15 is 0 Å². The lowest BCUT2D eigenvalue weighted by Crippen LogP contribution is -2.44. The fraction of sp³-hybridized carbons (Fsp3) is 0.150. The number of amides is 1. The van der Waals surface area contributed by atoms with Gasteiger partial charge in [0.1, 0.15) is 0 Å². The molecule has 0 unspecified atom stereocenters. The fourth-order valence-corrected chi connectivity index (χ4v) is 2.81. The van der Waals surface area contributed by atoms with Gasteiger partial charge in [0.15, 0.2) is 0 Å². The molecule has 2 heterocycles. The normalized spacial score (nSPS) is 14.7. The lowest BCUT2D eigenvalue weighted by molar-refractivity contribution is 0.0806. The first kappa shape index (κ1) is 16.2. The van der Waals surface area contributed by atoms with Crippen LogP contribution in [-0.2, 0) is 0 Å². The smallest absolute Gasteiger partial charge is 0.265 e. The molecule has 1 aliphatic rings. The summed E-state index contributed by atoms with van der Waals surface area (Å²) in [6.45, 7) is 1.28. The highest BCUT2D eigenvalue weighted by molar-refractivity contribution is 5.93. The van der Waals surface area contributed by atoms with Crippen LogP contribution in [0.15, 0.2) is 71.2 Å². The largest absolute Gasteiger partial charge is 0.416 e. The van der Waals surface area contributed by atoms with E-state index in [1.165, 1.54) is 0 Å². The van der Waals surface area contributed by atoms with E-state index in [0.717, 1.165) is 17.6 Å². The Hall–Kier alpha value is -3.25. The van der Waals surface area contributed by atoms with Crippen LogP contribution in [0.1, 0.15) is 22.7 Å². The average molecular weight is 346 g/mol. The minimum Gasteiger partial charge on any atom is -0.416 e. The van der Waals surface area contributed by atoms with Gasteiger partial charge in [-0.2, -0.15) is 0 Å². The number of hydrogen-bond acceptors (Lipinski definition) is 5. The molecule has 1 N–H and O–H groups in total. The van der Waals surface area contributed by atoms with E-state index in [1.54, 1.807) is 12.1 Å². The van der Waals surface area contributed by atoms with Gasteiger partial charge >= 0.3 is 0 Å². The molecule has 4 rings (SSSR count). The molecule has 26 heavy (non-hydrogen) atoms. The minimum absolute atomic E-state index is 0.105. The monoisotopic (exact) mass is 346 g/mol. The Morgan fingerprint density at radius 3 is 2.35 bits per heavy atom. The van der Waals surface area contributed by atoms with Gasteiger partial charge < -0.3 is 4.42 Å². The molecule has 0 radical (unpaired) electrons. The van der Waals surface area contributed by atoms with E-state index in [0.29, 0.717) is 30.4 Å². The number of hydrogen-bond donors (Lipinski definition) is 1. The van der Waals surface area contributed by atoms with Gasteiger partial charge in [-0.25, -0.2) is 5.01 Å². The molecule has 0 spiro atoms. The van der Waals surface area contributed by atoms with Gasteiger partial charge in [0.2, 0.25) is 11.8 Å². The standard InChI is InChI=1S/C20H18N4O2/c25-18(15-7-3-1-4-8-15)23-24-13-11-17(12-14-24)20-22-21-19(26-20)16-9-5-2-6-10-16/h1-11H,12-14H2,(H,23,25). The zero-order chi connectivity index (χ0) is 17.8. The van der Waals surface area contributed by atoms with Crippen LogP contribution in [0.25, 0.3) is 17.0 Å². The first-order chi connectivity index (χ1) is 12.8. The lowest BCUT2D eigenvalue weighted by atomic mass is 10.1. The van der Waals surface area contributed by atoms with E-state index in [4.69, 9.17) is 4.42 Å². The Bertz CT molecular complexity index is 919. The zero-order valence-corrected chi connectivity index (χ0v) is 14.1. The highest BCUT2D eigenvalue weighted by Crippen LogP contribution is 2.24. The molecule has 0 atom stereocenters. The fourth-order valence-electron chi connectivity index (χ4n) is 2.81. The second-order valence-corrected chi connectivity index (χ2v) is 6.01. The molecule has 1 aliphatic heterocycles. The Morgan fingerprint density at radius 1 is 0.962 bits per heavy atom. The van der Waals surface area contributed by atoms with Crippen LogP contribution in [0.5, 0.6) is 0 Å². The number of benzene rings is 2. The summed E-state index contributed by atoms with van der Waals surface area (Å²) in [5.41, 5.74) is 5.47. The van der Waals surface area contributed by atoms with Crippen molar-refractivity contribution in [3.05, 3.63) is 78.2 Å². The van der Waals surface area contributed by atoms with E-state index in [9.17, 15) is 4.79 Å². The molecule has 0 saturated heterocycles. The Balaban J connectivity index is 1.40. The first-order valence-corrected chi connectivity index (χ1v) is 8.49. The highest BCUT2D eigenvalue weighted by Gasteiger charge is 2.19. The third-order valence-electron chi connectivity index (χ3n) is 4.23. The van der Waals surface area contributed by atoms with Gasteiger partial charge in [-0.1, -0.05) is 42.5 Å². The minimum atomic E-state index is -0.105. The molecule has 0 bridgehead atoms. The molecule has 1 aromatic heterocycles. The van der Waals surface area contributed by atoms with Crippen molar-refractivity contribution >= 4 is 11.5 Å². The number of aromatic nitrogens is 2. The number of nitrogens with one attached hydrogen (secondary N) is 1. The van der Waals surface area contributed by atoms with Crippen LogP contribution < -0.4 is 5.43 Å². The molecule has 2 aromatic carbocycles. The molecule has 0 fully saturated rings. The number of rotatable bonds is 4. The van der Waals surface area contributed by atoms with Crippen molar-refractivity contribution in [3.63, 3.8) is 0 Å². The van der Waals surface area contributed by atoms with Crippen LogP contribution in [-0.4, -0.2) is 34.2 Å². The number of nitrogens with zero attached hydrogens (tertiary/aromatic N) is 3. The van der Waals surface area contributed by atoms with Gasteiger partial charge in [0, 0.05) is 29.8 Å². The summed E-state index contributed by atoms with van der Waals surface area (Å²) in [4.78, 5) is 12.2. The number of carbonyl (C=O) groups is 1. The van der Waals surface area contributed by atoms with Crippen LogP contribution in [0.4, 0.5) is 0 Å². The van der Waals surface area contributed by atoms with Gasteiger partial charge in [-0.15, -0.1) is 10.2 Å². The SMILES string of the molecule is O=C(NN1CC=C(c2nnc(-c3ccccc3)o2)CC1)c1ccccc1. The summed E-state index contributed by atoms with van der Waals surface area (Å²) < 4.78 is 5.80. The van der Waals surface area contributed by atoms with Gasteiger partial charge in [-0.3, -0.25) is 10.2 Å². The third kappa shape index (κ3) is 3.55. The van der Waals surface area contributed by atoms with E-state index in [2.05, 4.69) is 15.6 Å². The predicted molar refractivity (Wildman–Crippen MR) is 97.8 cm³/mol. The maximum Gasteiger partial charge on any atom is 0.265 e. The third-order valence-corrected chi connectivity index (χ3v) is 4.23. The quantitative estimate of drug-likeness (QED) is 0.786. The van der Waals surface area contributed by atoms with Crippen molar-refractivity contribution in [2.75, 3.05) is 13.1 Å². The van der Waals surface area contributed by atoms with Crippen molar-refractivity contribution < 1.29 is 9.21 Å². The second kappa shape index (κ2) is 7.33. The summed E-state index contributed by atoms with van der Waals surface area (Å²) in [5, 5.41) is 10.2. The summed E-state index contributed by atoms with van der Waals surface area (Å²) >= 11 is 0. The average Bonchev–Trinajstić information content (AvgIpc) is 3.20. The van der Waals surface area contributed by atoms with Crippen molar-refractivity contribution in [1.29, 1.82) is 0 Å². The maximum atomic E-state index is 12.2. The van der Waals surface area contributed by atoms with E-state index in [1.807, 2.05) is 59.6 Å².